The third-order valence-corrected chi connectivity index (χ3v) is 8.00. The smallest absolute Gasteiger partial charge is 0.306 e. The van der Waals surface area contributed by atoms with Crippen LogP contribution in [-0.2, 0) is 38.1 Å². The molecule has 4 rings (SSSR count). The van der Waals surface area contributed by atoms with E-state index in [0.29, 0.717) is 6.61 Å². The molecule has 4 aliphatic rings. The monoisotopic (exact) mass is 466 g/mol. The molecule has 1 unspecified atom stereocenters. The highest BCUT2D eigenvalue weighted by molar-refractivity contribution is 5.70. The van der Waals surface area contributed by atoms with E-state index in [1.807, 2.05) is 33.8 Å². The van der Waals surface area contributed by atoms with E-state index in [2.05, 4.69) is 0 Å². The van der Waals surface area contributed by atoms with Gasteiger partial charge in [-0.3, -0.25) is 14.4 Å². The molecule has 8 atom stereocenters. The number of ether oxygens (including phenoxy) is 5. The first-order valence-corrected chi connectivity index (χ1v) is 11.5. The highest BCUT2D eigenvalue weighted by Crippen LogP contribution is 2.72. The van der Waals surface area contributed by atoms with Crippen LogP contribution in [-0.4, -0.2) is 72.3 Å². The molecule has 184 valence electrons. The van der Waals surface area contributed by atoms with E-state index in [4.69, 9.17) is 23.7 Å². The number of carbonyl (C=O) groups excluding carboxylic acids is 3. The molecule has 2 aliphatic heterocycles. The van der Waals surface area contributed by atoms with E-state index in [-0.39, 0.29) is 31.3 Å². The number of aliphatic hydroxyl groups excluding tert-OH is 1. The van der Waals surface area contributed by atoms with Gasteiger partial charge in [0.2, 0.25) is 0 Å². The number of rotatable bonds is 6. The van der Waals surface area contributed by atoms with Crippen molar-refractivity contribution in [3.8, 4) is 0 Å². The molecule has 0 aromatic heterocycles. The first kappa shape index (κ1) is 24.2. The molecule has 33 heavy (non-hydrogen) atoms. The molecule has 9 heteroatoms. The van der Waals surface area contributed by atoms with Gasteiger partial charge in [-0.2, -0.15) is 0 Å². The largest absolute Gasteiger partial charge is 0.465 e. The molecule has 2 heterocycles. The molecule has 1 spiro atoms. The molecular formula is C24H34O9. The van der Waals surface area contributed by atoms with Gasteiger partial charge >= 0.3 is 17.9 Å². The molecule has 2 bridgehead atoms. The maximum absolute atomic E-state index is 12.5. The van der Waals surface area contributed by atoms with Gasteiger partial charge in [0.1, 0.15) is 36.6 Å². The van der Waals surface area contributed by atoms with Gasteiger partial charge in [-0.25, -0.2) is 0 Å². The average molecular weight is 467 g/mol. The van der Waals surface area contributed by atoms with Gasteiger partial charge in [-0.1, -0.05) is 26.8 Å². The summed E-state index contributed by atoms with van der Waals surface area (Å²) < 4.78 is 29.4. The van der Waals surface area contributed by atoms with Crippen LogP contribution in [0.5, 0.6) is 0 Å². The topological polar surface area (TPSA) is 121 Å². The summed E-state index contributed by atoms with van der Waals surface area (Å²) in [5.74, 6) is -1.18. The Kier molecular flexibility index (Phi) is 5.90. The molecule has 0 radical (unpaired) electrons. The Labute approximate surface area is 193 Å². The van der Waals surface area contributed by atoms with Crippen LogP contribution < -0.4 is 0 Å². The summed E-state index contributed by atoms with van der Waals surface area (Å²) in [5.41, 5.74) is -2.00. The second-order valence-electron chi connectivity index (χ2n) is 10.5. The number of aliphatic hydroxyl groups is 1. The maximum Gasteiger partial charge on any atom is 0.306 e. The van der Waals surface area contributed by atoms with E-state index in [1.54, 1.807) is 0 Å². The normalized spacial score (nSPS) is 43.0. The second kappa shape index (κ2) is 8.06. The fraction of sp³-hybridized carbons (Fsp3) is 0.792. The summed E-state index contributed by atoms with van der Waals surface area (Å²) >= 11 is 0. The Balaban J connectivity index is 1.79. The summed E-state index contributed by atoms with van der Waals surface area (Å²) in [6.45, 7) is 10.5. The van der Waals surface area contributed by atoms with Gasteiger partial charge in [0, 0.05) is 26.7 Å². The van der Waals surface area contributed by atoms with Crippen LogP contribution in [0.2, 0.25) is 0 Å². The zero-order valence-electron chi connectivity index (χ0n) is 20.1. The van der Waals surface area contributed by atoms with Crippen LogP contribution in [0.1, 0.15) is 54.4 Å². The number of epoxide rings is 1. The predicted molar refractivity (Wildman–Crippen MR) is 114 cm³/mol. The van der Waals surface area contributed by atoms with Crippen molar-refractivity contribution in [2.75, 3.05) is 13.2 Å². The van der Waals surface area contributed by atoms with Crippen LogP contribution in [0.25, 0.3) is 0 Å². The first-order valence-electron chi connectivity index (χ1n) is 11.5. The van der Waals surface area contributed by atoms with Crippen LogP contribution in [0, 0.1) is 16.7 Å². The number of hydrogen-bond donors (Lipinski definition) is 1. The van der Waals surface area contributed by atoms with E-state index >= 15 is 0 Å². The number of fused-ring (bicyclic) bond motifs is 2. The Morgan fingerprint density at radius 3 is 2.42 bits per heavy atom. The van der Waals surface area contributed by atoms with Crippen LogP contribution in [0.4, 0.5) is 0 Å². The summed E-state index contributed by atoms with van der Waals surface area (Å²) in [6, 6.07) is 0. The van der Waals surface area contributed by atoms with Gasteiger partial charge in [0.15, 0.2) is 0 Å². The zero-order chi connectivity index (χ0) is 24.3. The molecule has 0 aromatic carbocycles. The second-order valence-corrected chi connectivity index (χ2v) is 10.5. The summed E-state index contributed by atoms with van der Waals surface area (Å²) in [7, 11) is 0. The molecule has 2 saturated heterocycles. The first-order chi connectivity index (χ1) is 15.4. The van der Waals surface area contributed by atoms with Crippen molar-refractivity contribution in [3.63, 3.8) is 0 Å². The van der Waals surface area contributed by atoms with E-state index in [1.165, 1.54) is 13.8 Å². The van der Waals surface area contributed by atoms with Crippen molar-refractivity contribution < 1.29 is 43.2 Å². The quantitative estimate of drug-likeness (QED) is 0.270. The van der Waals surface area contributed by atoms with Crippen molar-refractivity contribution >= 4 is 17.9 Å². The average Bonchev–Trinajstić information content (AvgIpc) is 3.48. The number of esters is 3. The summed E-state index contributed by atoms with van der Waals surface area (Å²) in [6.07, 6.45) is -1.46. The third-order valence-electron chi connectivity index (χ3n) is 8.00. The van der Waals surface area contributed by atoms with Gasteiger partial charge in [-0.05, 0) is 18.4 Å². The Morgan fingerprint density at radius 1 is 1.21 bits per heavy atom. The van der Waals surface area contributed by atoms with Crippen LogP contribution in [0.3, 0.4) is 0 Å². The van der Waals surface area contributed by atoms with Gasteiger partial charge in [0.05, 0.1) is 23.5 Å². The van der Waals surface area contributed by atoms with E-state index < -0.39 is 58.9 Å². The predicted octanol–water partition coefficient (Wildman–Crippen LogP) is 1.69. The molecule has 0 amide bonds. The maximum atomic E-state index is 12.5. The lowest BCUT2D eigenvalue weighted by molar-refractivity contribution is -0.241. The minimum atomic E-state index is -1.11. The lowest BCUT2D eigenvalue weighted by Gasteiger charge is -2.58. The van der Waals surface area contributed by atoms with Crippen molar-refractivity contribution in [1.29, 1.82) is 0 Å². The van der Waals surface area contributed by atoms with Gasteiger partial charge < -0.3 is 28.8 Å². The molecule has 0 aromatic rings. The lowest BCUT2D eigenvalue weighted by atomic mass is 9.51. The van der Waals surface area contributed by atoms with Crippen molar-refractivity contribution in [2.45, 2.75) is 90.5 Å². The van der Waals surface area contributed by atoms with Crippen molar-refractivity contribution in [3.05, 3.63) is 11.6 Å². The molecule has 9 nitrogen and oxygen atoms in total. The minimum absolute atomic E-state index is 0.0617. The fourth-order valence-corrected chi connectivity index (χ4v) is 6.26. The van der Waals surface area contributed by atoms with Crippen molar-refractivity contribution in [1.82, 2.24) is 0 Å². The fourth-order valence-electron chi connectivity index (χ4n) is 6.26. The zero-order valence-corrected chi connectivity index (χ0v) is 20.1. The SMILES string of the molecule is CC(=O)OC[C@]12C[C@H](OC(=O)CC(C)C)C(C)=C[C@H]1OC1[C@H](O)[C@@H](OC(C)=O)[C@@]2(C)[C@@]12CO2. The molecule has 1 saturated carbocycles. The number of hydrogen-bond acceptors (Lipinski definition) is 9. The minimum Gasteiger partial charge on any atom is -0.465 e. The lowest BCUT2D eigenvalue weighted by Crippen LogP contribution is -2.68. The Bertz CT molecular complexity index is 875. The Hall–Kier alpha value is -1.97. The Morgan fingerprint density at radius 2 is 1.88 bits per heavy atom. The van der Waals surface area contributed by atoms with Crippen molar-refractivity contribution in [2.24, 2.45) is 16.7 Å². The standard InChI is InChI=1S/C24H34O9/c1-12(2)7-18(27)32-16-9-23(10-29-14(4)25)17(8-13(16)3)33-21-19(28)20(31-15(5)26)22(23,6)24(21)11-30-24/h8,12,16-17,19-21,28H,7,9-11H2,1-6H3/t16-,17+,19+,20+,21?,22+,23+,24+/m0/s1. The molecule has 1 N–H and O–H groups in total. The van der Waals surface area contributed by atoms with Crippen LogP contribution >= 0.6 is 0 Å². The summed E-state index contributed by atoms with van der Waals surface area (Å²) in [4.78, 5) is 36.4. The number of carbonyl (C=O) groups is 3. The molecule has 2 aliphatic carbocycles. The van der Waals surface area contributed by atoms with Gasteiger partial charge in [0.25, 0.3) is 0 Å². The highest BCUT2D eigenvalue weighted by atomic mass is 16.7. The van der Waals surface area contributed by atoms with E-state index in [9.17, 15) is 19.5 Å². The summed E-state index contributed by atoms with van der Waals surface area (Å²) in [5, 5.41) is 11.2. The molecular weight excluding hydrogens is 432 g/mol. The molecule has 3 fully saturated rings. The van der Waals surface area contributed by atoms with Gasteiger partial charge in [-0.15, -0.1) is 0 Å². The van der Waals surface area contributed by atoms with E-state index in [0.717, 1.165) is 5.57 Å². The third kappa shape index (κ3) is 3.51. The highest BCUT2D eigenvalue weighted by Gasteiger charge is 2.86. The van der Waals surface area contributed by atoms with Crippen LogP contribution in [0.15, 0.2) is 11.6 Å².